The molecule has 0 aliphatic heterocycles. The third-order valence-electron chi connectivity index (χ3n) is 3.84. The minimum Gasteiger partial charge on any atom is -0.507 e. The third kappa shape index (κ3) is 3.11. The van der Waals surface area contributed by atoms with Gasteiger partial charge in [0, 0.05) is 29.9 Å². The zero-order valence-electron chi connectivity index (χ0n) is 14.6. The summed E-state index contributed by atoms with van der Waals surface area (Å²) in [6.07, 6.45) is 1.89. The Kier molecular flexibility index (Phi) is 3.98. The van der Waals surface area contributed by atoms with Gasteiger partial charge in [0.2, 0.25) is 0 Å². The van der Waals surface area contributed by atoms with Crippen LogP contribution in [0.4, 0.5) is 5.95 Å². The number of hydrogen-bond acceptors (Lipinski definition) is 3. The highest BCUT2D eigenvalue weighted by Crippen LogP contribution is 2.41. The van der Waals surface area contributed by atoms with Gasteiger partial charge < -0.3 is 15.4 Å². The largest absolute Gasteiger partial charge is 0.507 e. The van der Waals surface area contributed by atoms with Gasteiger partial charge >= 0.3 is 0 Å². The van der Waals surface area contributed by atoms with E-state index < -0.39 is 0 Å². The van der Waals surface area contributed by atoms with Crippen LogP contribution < -0.4 is 5.32 Å². The minimum absolute atomic E-state index is 0.137. The molecule has 0 fully saturated rings. The Hall–Kier alpha value is -1.97. The maximum Gasteiger partial charge on any atom is 0.200 e. The number of aromatic amines is 1. The number of phenolic OH excluding ortho intramolecular Hbond substituents is 1. The second kappa shape index (κ2) is 5.34. The second-order valence-corrected chi connectivity index (χ2v) is 7.80. The minimum atomic E-state index is -0.137. The van der Waals surface area contributed by atoms with Crippen molar-refractivity contribution in [2.45, 2.75) is 52.4 Å². The lowest BCUT2D eigenvalue weighted by Crippen LogP contribution is -2.17. The lowest BCUT2D eigenvalue weighted by atomic mass is 9.78. The van der Waals surface area contributed by atoms with Gasteiger partial charge in [-0.1, -0.05) is 41.5 Å². The van der Waals surface area contributed by atoms with Gasteiger partial charge in [0.25, 0.3) is 0 Å². The first-order valence-electron chi connectivity index (χ1n) is 7.65. The van der Waals surface area contributed by atoms with Crippen LogP contribution in [0.5, 0.6) is 5.75 Å². The summed E-state index contributed by atoms with van der Waals surface area (Å²) in [6, 6.07) is 4.08. The number of hydrogen-bond donors (Lipinski definition) is 3. The van der Waals surface area contributed by atoms with E-state index in [0.29, 0.717) is 5.75 Å². The van der Waals surface area contributed by atoms with Crippen molar-refractivity contribution in [1.82, 2.24) is 9.97 Å². The van der Waals surface area contributed by atoms with Crippen molar-refractivity contribution in [2.24, 2.45) is 0 Å². The standard InChI is InChI=1S/C18H27N3O/c1-17(2,3)12-8-11(14-10-20-16(19-7)21-14)9-13(15(12)22)18(4,5)6/h8-10,22H,1-7H3,(H2,19,20,21). The summed E-state index contributed by atoms with van der Waals surface area (Å²) >= 11 is 0. The molecular formula is C18H27N3O. The SMILES string of the molecule is CNc1nc(-c2cc(C(C)(C)C)c(O)c(C(C)(C)C)c2)c[nH]1. The van der Waals surface area contributed by atoms with Gasteiger partial charge in [-0.25, -0.2) is 4.98 Å². The van der Waals surface area contributed by atoms with E-state index in [-0.39, 0.29) is 10.8 Å². The number of phenols is 1. The predicted molar refractivity (Wildman–Crippen MR) is 92.6 cm³/mol. The molecule has 120 valence electrons. The van der Waals surface area contributed by atoms with Crippen molar-refractivity contribution in [3.8, 4) is 17.0 Å². The Bertz CT molecular complexity index is 637. The predicted octanol–water partition coefficient (Wildman–Crippen LogP) is 4.42. The normalized spacial score (nSPS) is 12.5. The van der Waals surface area contributed by atoms with Crippen molar-refractivity contribution in [3.05, 3.63) is 29.5 Å². The topological polar surface area (TPSA) is 60.9 Å². The molecule has 0 aliphatic rings. The van der Waals surface area contributed by atoms with Crippen LogP contribution >= 0.6 is 0 Å². The summed E-state index contributed by atoms with van der Waals surface area (Å²) in [5, 5.41) is 13.7. The van der Waals surface area contributed by atoms with Crippen LogP contribution in [-0.4, -0.2) is 22.1 Å². The fraction of sp³-hybridized carbons (Fsp3) is 0.500. The highest BCUT2D eigenvalue weighted by molar-refractivity contribution is 5.67. The summed E-state index contributed by atoms with van der Waals surface area (Å²) in [5.41, 5.74) is 3.52. The molecule has 22 heavy (non-hydrogen) atoms. The summed E-state index contributed by atoms with van der Waals surface area (Å²) in [5.74, 6) is 1.13. The zero-order valence-corrected chi connectivity index (χ0v) is 14.6. The van der Waals surface area contributed by atoms with Gasteiger partial charge in [-0.3, -0.25) is 0 Å². The smallest absolute Gasteiger partial charge is 0.200 e. The van der Waals surface area contributed by atoms with Crippen molar-refractivity contribution >= 4 is 5.95 Å². The molecule has 4 heteroatoms. The summed E-state index contributed by atoms with van der Waals surface area (Å²) in [7, 11) is 1.83. The van der Waals surface area contributed by atoms with Crippen molar-refractivity contribution in [2.75, 3.05) is 12.4 Å². The highest BCUT2D eigenvalue weighted by Gasteiger charge is 2.27. The van der Waals surface area contributed by atoms with Gasteiger partial charge in [-0.2, -0.15) is 0 Å². The Morgan fingerprint density at radius 1 is 1.00 bits per heavy atom. The molecule has 4 nitrogen and oxygen atoms in total. The first-order chi connectivity index (χ1) is 10.0. The number of imidazole rings is 1. The summed E-state index contributed by atoms with van der Waals surface area (Å²) in [6.45, 7) is 12.7. The van der Waals surface area contributed by atoms with E-state index in [1.807, 2.05) is 25.4 Å². The van der Waals surface area contributed by atoms with E-state index in [2.05, 4.69) is 56.8 Å². The summed E-state index contributed by atoms with van der Waals surface area (Å²) in [4.78, 5) is 7.63. The van der Waals surface area contributed by atoms with Crippen molar-refractivity contribution < 1.29 is 5.11 Å². The van der Waals surface area contributed by atoms with E-state index in [1.165, 1.54) is 0 Å². The number of anilines is 1. The van der Waals surface area contributed by atoms with Crippen LogP contribution in [-0.2, 0) is 10.8 Å². The molecule has 0 bridgehead atoms. The molecule has 0 saturated heterocycles. The molecule has 2 rings (SSSR count). The third-order valence-corrected chi connectivity index (χ3v) is 3.84. The van der Waals surface area contributed by atoms with E-state index in [9.17, 15) is 5.11 Å². The Morgan fingerprint density at radius 2 is 1.50 bits per heavy atom. The molecule has 1 aromatic heterocycles. The number of aromatic nitrogens is 2. The van der Waals surface area contributed by atoms with Gasteiger partial charge in [-0.05, 0) is 23.0 Å². The van der Waals surface area contributed by atoms with Crippen molar-refractivity contribution in [1.29, 1.82) is 0 Å². The fourth-order valence-corrected chi connectivity index (χ4v) is 2.52. The quantitative estimate of drug-likeness (QED) is 0.769. The van der Waals surface area contributed by atoms with E-state index in [0.717, 1.165) is 28.3 Å². The monoisotopic (exact) mass is 301 g/mol. The van der Waals surface area contributed by atoms with Crippen LogP contribution in [0.15, 0.2) is 18.3 Å². The molecule has 0 saturated carbocycles. The first-order valence-corrected chi connectivity index (χ1v) is 7.65. The first kappa shape index (κ1) is 16.4. The van der Waals surface area contributed by atoms with Gasteiger partial charge in [0.15, 0.2) is 5.95 Å². The molecule has 0 amide bonds. The molecular weight excluding hydrogens is 274 g/mol. The number of H-pyrrole nitrogens is 1. The number of benzene rings is 1. The Labute approximate surface area is 133 Å². The van der Waals surface area contributed by atoms with Gasteiger partial charge in [-0.15, -0.1) is 0 Å². The molecule has 2 aromatic rings. The average Bonchev–Trinajstić information content (AvgIpc) is 2.85. The van der Waals surface area contributed by atoms with Gasteiger partial charge in [0.05, 0.1) is 5.69 Å². The number of rotatable bonds is 2. The molecule has 0 aliphatic carbocycles. The lowest BCUT2D eigenvalue weighted by Gasteiger charge is -2.28. The zero-order chi connectivity index (χ0) is 16.7. The van der Waals surface area contributed by atoms with E-state index >= 15 is 0 Å². The fourth-order valence-electron chi connectivity index (χ4n) is 2.52. The van der Waals surface area contributed by atoms with Crippen LogP contribution in [0, 0.1) is 0 Å². The molecule has 1 aromatic carbocycles. The van der Waals surface area contributed by atoms with Crippen LogP contribution in [0.3, 0.4) is 0 Å². The maximum absolute atomic E-state index is 10.7. The lowest BCUT2D eigenvalue weighted by molar-refractivity contribution is 0.423. The average molecular weight is 301 g/mol. The molecule has 0 unspecified atom stereocenters. The molecule has 0 radical (unpaired) electrons. The molecule has 3 N–H and O–H groups in total. The van der Waals surface area contributed by atoms with Gasteiger partial charge in [0.1, 0.15) is 5.75 Å². The Balaban J connectivity index is 2.70. The van der Waals surface area contributed by atoms with E-state index in [4.69, 9.17) is 0 Å². The number of nitrogens with zero attached hydrogens (tertiary/aromatic N) is 1. The number of aromatic hydroxyl groups is 1. The summed E-state index contributed by atoms with van der Waals surface area (Å²) < 4.78 is 0. The van der Waals surface area contributed by atoms with Crippen LogP contribution in [0.25, 0.3) is 11.3 Å². The molecule has 0 spiro atoms. The maximum atomic E-state index is 10.7. The van der Waals surface area contributed by atoms with Crippen LogP contribution in [0.2, 0.25) is 0 Å². The number of nitrogens with one attached hydrogen (secondary N) is 2. The van der Waals surface area contributed by atoms with Crippen molar-refractivity contribution in [3.63, 3.8) is 0 Å². The Morgan fingerprint density at radius 3 is 1.86 bits per heavy atom. The van der Waals surface area contributed by atoms with Crippen LogP contribution in [0.1, 0.15) is 52.7 Å². The molecule has 1 heterocycles. The second-order valence-electron chi connectivity index (χ2n) is 7.80. The van der Waals surface area contributed by atoms with E-state index in [1.54, 1.807) is 0 Å². The highest BCUT2D eigenvalue weighted by atomic mass is 16.3. The molecule has 0 atom stereocenters.